The molecule has 0 aliphatic carbocycles. The lowest BCUT2D eigenvalue weighted by molar-refractivity contribution is 0.222. The van der Waals surface area contributed by atoms with E-state index >= 15 is 0 Å². The van der Waals surface area contributed by atoms with Crippen LogP contribution in [0.1, 0.15) is 13.8 Å². The third-order valence-electron chi connectivity index (χ3n) is 3.67. The van der Waals surface area contributed by atoms with E-state index in [0.29, 0.717) is 18.0 Å². The Kier molecular flexibility index (Phi) is 6.62. The van der Waals surface area contributed by atoms with Gasteiger partial charge in [0.05, 0.1) is 11.4 Å². The van der Waals surface area contributed by atoms with Crippen LogP contribution in [0.25, 0.3) is 0 Å². The second-order valence-corrected chi connectivity index (χ2v) is 6.39. The summed E-state index contributed by atoms with van der Waals surface area (Å²) in [5.74, 6) is 0.894. The molecule has 4 nitrogen and oxygen atoms in total. The molecule has 5 heteroatoms. The first kappa shape index (κ1) is 17.5. The van der Waals surface area contributed by atoms with Crippen molar-refractivity contribution >= 4 is 23.1 Å². The van der Waals surface area contributed by atoms with E-state index in [1.54, 1.807) is 11.8 Å². The van der Waals surface area contributed by atoms with Gasteiger partial charge >= 0.3 is 0 Å². The van der Waals surface area contributed by atoms with Crippen molar-refractivity contribution in [3.63, 3.8) is 0 Å². The Balaban J connectivity index is 1.95. The Hall–Kier alpha value is -1.85. The minimum atomic E-state index is 0.613. The van der Waals surface area contributed by atoms with Gasteiger partial charge in [-0.1, -0.05) is 31.7 Å². The molecule has 2 aromatic rings. The fourth-order valence-corrected chi connectivity index (χ4v) is 3.13. The van der Waals surface area contributed by atoms with Crippen molar-refractivity contribution in [3.05, 3.63) is 42.5 Å². The van der Waals surface area contributed by atoms with Gasteiger partial charge in [-0.2, -0.15) is 0 Å². The molecule has 2 aromatic carbocycles. The SMILES string of the molecule is CCN(CC)CCOc1cccc(Sc2ccc(N)c(N)c2)c1. The largest absolute Gasteiger partial charge is 0.492 e. The van der Waals surface area contributed by atoms with E-state index in [0.717, 1.165) is 35.2 Å². The lowest BCUT2D eigenvalue weighted by Crippen LogP contribution is -2.27. The number of anilines is 2. The lowest BCUT2D eigenvalue weighted by Gasteiger charge is -2.18. The van der Waals surface area contributed by atoms with Crippen molar-refractivity contribution in [2.45, 2.75) is 23.6 Å². The summed E-state index contributed by atoms with van der Waals surface area (Å²) in [5.41, 5.74) is 12.8. The maximum Gasteiger partial charge on any atom is 0.120 e. The number of nitrogen functional groups attached to an aromatic ring is 2. The second-order valence-electron chi connectivity index (χ2n) is 5.24. The number of rotatable bonds is 8. The van der Waals surface area contributed by atoms with Crippen LogP contribution >= 0.6 is 11.8 Å². The Labute approximate surface area is 142 Å². The van der Waals surface area contributed by atoms with Crippen LogP contribution in [0.2, 0.25) is 0 Å². The van der Waals surface area contributed by atoms with E-state index in [9.17, 15) is 0 Å². The minimum absolute atomic E-state index is 0.613. The molecule has 2 rings (SSSR count). The van der Waals surface area contributed by atoms with Gasteiger partial charge in [0, 0.05) is 16.3 Å². The predicted molar refractivity (Wildman–Crippen MR) is 99.1 cm³/mol. The van der Waals surface area contributed by atoms with E-state index in [2.05, 4.69) is 30.9 Å². The molecule has 0 bridgehead atoms. The highest BCUT2D eigenvalue weighted by Gasteiger charge is 2.03. The molecule has 0 fully saturated rings. The Bertz CT molecular complexity index is 629. The third kappa shape index (κ3) is 5.37. The molecule has 0 saturated heterocycles. The molecule has 0 atom stereocenters. The maximum absolute atomic E-state index is 5.86. The van der Waals surface area contributed by atoms with E-state index in [1.165, 1.54) is 0 Å². The molecule has 0 aromatic heterocycles. The van der Waals surface area contributed by atoms with Crippen LogP contribution in [-0.4, -0.2) is 31.1 Å². The third-order valence-corrected chi connectivity index (χ3v) is 4.65. The highest BCUT2D eigenvalue weighted by molar-refractivity contribution is 7.99. The normalized spacial score (nSPS) is 10.9. The van der Waals surface area contributed by atoms with Gasteiger partial charge in [0.1, 0.15) is 12.4 Å². The van der Waals surface area contributed by atoms with Gasteiger partial charge in [-0.3, -0.25) is 0 Å². The minimum Gasteiger partial charge on any atom is -0.492 e. The average molecular weight is 331 g/mol. The molecule has 23 heavy (non-hydrogen) atoms. The van der Waals surface area contributed by atoms with Crippen LogP contribution < -0.4 is 16.2 Å². The average Bonchev–Trinajstić information content (AvgIpc) is 2.55. The first-order valence-electron chi connectivity index (χ1n) is 7.90. The Morgan fingerprint density at radius 2 is 1.70 bits per heavy atom. The van der Waals surface area contributed by atoms with Crippen LogP contribution in [0.3, 0.4) is 0 Å². The van der Waals surface area contributed by atoms with Crippen molar-refractivity contribution < 1.29 is 4.74 Å². The summed E-state index contributed by atoms with van der Waals surface area (Å²) >= 11 is 1.65. The lowest BCUT2D eigenvalue weighted by atomic mass is 10.3. The Morgan fingerprint density at radius 3 is 2.39 bits per heavy atom. The summed E-state index contributed by atoms with van der Waals surface area (Å²) in [5, 5.41) is 0. The number of hydrogen-bond acceptors (Lipinski definition) is 5. The fraction of sp³-hybridized carbons (Fsp3) is 0.333. The van der Waals surface area contributed by atoms with E-state index in [4.69, 9.17) is 16.2 Å². The molecule has 0 aliphatic heterocycles. The highest BCUT2D eigenvalue weighted by atomic mass is 32.2. The quantitative estimate of drug-likeness (QED) is 0.722. The van der Waals surface area contributed by atoms with Crippen molar-refractivity contribution in [2.24, 2.45) is 0 Å². The predicted octanol–water partition coefficient (Wildman–Crippen LogP) is 3.72. The smallest absolute Gasteiger partial charge is 0.120 e. The number of ether oxygens (including phenoxy) is 1. The van der Waals surface area contributed by atoms with Crippen LogP contribution in [0.4, 0.5) is 11.4 Å². The van der Waals surface area contributed by atoms with Gasteiger partial charge in [0.2, 0.25) is 0 Å². The second kappa shape index (κ2) is 8.70. The summed E-state index contributed by atoms with van der Waals surface area (Å²) in [6.07, 6.45) is 0. The van der Waals surface area contributed by atoms with Gasteiger partial charge in [0.15, 0.2) is 0 Å². The molecule has 0 radical (unpaired) electrons. The standard InChI is InChI=1S/C18H25N3OS/c1-3-21(4-2)10-11-22-14-6-5-7-15(12-14)23-16-8-9-17(19)18(20)13-16/h5-9,12-13H,3-4,10-11,19-20H2,1-2H3. The van der Waals surface area contributed by atoms with Crippen molar-refractivity contribution in [1.82, 2.24) is 4.90 Å². The molecule has 0 amide bonds. The van der Waals surface area contributed by atoms with Crippen molar-refractivity contribution in [2.75, 3.05) is 37.7 Å². The van der Waals surface area contributed by atoms with Crippen molar-refractivity contribution in [1.29, 1.82) is 0 Å². The summed E-state index contributed by atoms with van der Waals surface area (Å²) in [6, 6.07) is 13.8. The molecule has 0 heterocycles. The van der Waals surface area contributed by atoms with Gasteiger partial charge in [-0.25, -0.2) is 0 Å². The van der Waals surface area contributed by atoms with Crippen LogP contribution in [0.15, 0.2) is 52.3 Å². The summed E-state index contributed by atoms with van der Waals surface area (Å²) < 4.78 is 5.86. The molecular weight excluding hydrogens is 306 g/mol. The molecular formula is C18H25N3OS. The number of benzene rings is 2. The zero-order valence-corrected chi connectivity index (χ0v) is 14.6. The molecule has 0 spiro atoms. The summed E-state index contributed by atoms with van der Waals surface area (Å²) in [6.45, 7) is 8.07. The molecule has 0 saturated carbocycles. The zero-order valence-electron chi connectivity index (χ0n) is 13.8. The Morgan fingerprint density at radius 1 is 0.957 bits per heavy atom. The fourth-order valence-electron chi connectivity index (χ4n) is 2.21. The maximum atomic E-state index is 5.86. The van der Waals surface area contributed by atoms with Crippen molar-refractivity contribution in [3.8, 4) is 5.75 Å². The summed E-state index contributed by atoms with van der Waals surface area (Å²) in [4.78, 5) is 4.53. The van der Waals surface area contributed by atoms with Gasteiger partial charge < -0.3 is 21.1 Å². The number of nitrogens with two attached hydrogens (primary N) is 2. The number of hydrogen-bond donors (Lipinski definition) is 2. The van der Waals surface area contributed by atoms with Crippen LogP contribution in [0, 0.1) is 0 Å². The van der Waals surface area contributed by atoms with Gasteiger partial charge in [-0.15, -0.1) is 0 Å². The first-order valence-corrected chi connectivity index (χ1v) is 8.72. The molecule has 0 unspecified atom stereocenters. The topological polar surface area (TPSA) is 64.5 Å². The van der Waals surface area contributed by atoms with Gasteiger partial charge in [-0.05, 0) is 49.5 Å². The van der Waals surface area contributed by atoms with E-state index in [1.807, 2.05) is 30.3 Å². The van der Waals surface area contributed by atoms with Crippen LogP contribution in [0.5, 0.6) is 5.75 Å². The van der Waals surface area contributed by atoms with E-state index in [-0.39, 0.29) is 0 Å². The molecule has 124 valence electrons. The monoisotopic (exact) mass is 331 g/mol. The number of likely N-dealkylation sites (N-methyl/N-ethyl adjacent to an activating group) is 1. The van der Waals surface area contributed by atoms with Gasteiger partial charge in [0.25, 0.3) is 0 Å². The first-order chi connectivity index (χ1) is 11.1. The van der Waals surface area contributed by atoms with E-state index < -0.39 is 0 Å². The highest BCUT2D eigenvalue weighted by Crippen LogP contribution is 2.32. The molecule has 4 N–H and O–H groups in total. The zero-order chi connectivity index (χ0) is 16.7. The number of nitrogens with zero attached hydrogens (tertiary/aromatic N) is 1. The summed E-state index contributed by atoms with van der Waals surface area (Å²) in [7, 11) is 0. The molecule has 0 aliphatic rings. The van der Waals surface area contributed by atoms with Crippen LogP contribution in [-0.2, 0) is 0 Å².